The molecule has 3 aromatic heterocycles. The Kier molecular flexibility index (Phi) is 6.29. The van der Waals surface area contributed by atoms with E-state index in [1.54, 1.807) is 27.7 Å². The van der Waals surface area contributed by atoms with Crippen LogP contribution in [0.2, 0.25) is 0 Å². The first-order valence-electron chi connectivity index (χ1n) is 9.11. The fraction of sp³-hybridized carbons (Fsp3) is 0.263. The van der Waals surface area contributed by atoms with Gasteiger partial charge in [0.25, 0.3) is 17.9 Å². The van der Waals surface area contributed by atoms with E-state index in [4.69, 9.17) is 14.6 Å². The number of hydrogen-bond donors (Lipinski definition) is 2. The predicted molar refractivity (Wildman–Crippen MR) is 105 cm³/mol. The molecule has 4 heterocycles. The Morgan fingerprint density at radius 2 is 1.97 bits per heavy atom. The zero-order valence-electron chi connectivity index (χ0n) is 16.5. The van der Waals surface area contributed by atoms with Gasteiger partial charge in [0.05, 0.1) is 7.11 Å². The number of ether oxygens (including phenoxy) is 1. The van der Waals surface area contributed by atoms with Crippen molar-refractivity contribution in [3.05, 3.63) is 57.9 Å². The Bertz CT molecular complexity index is 1200. The second-order valence-electron chi connectivity index (χ2n) is 6.46. The first-order chi connectivity index (χ1) is 14.9. The van der Waals surface area contributed by atoms with Gasteiger partial charge in [-0.3, -0.25) is 14.4 Å². The van der Waals surface area contributed by atoms with E-state index in [1.165, 1.54) is 18.0 Å². The van der Waals surface area contributed by atoms with Gasteiger partial charge >= 0.3 is 5.97 Å². The van der Waals surface area contributed by atoms with E-state index in [2.05, 4.69) is 10.1 Å². The van der Waals surface area contributed by atoms with Crippen LogP contribution in [0.3, 0.4) is 0 Å². The second-order valence-corrected chi connectivity index (χ2v) is 6.46. The zero-order chi connectivity index (χ0) is 22.5. The molecule has 0 spiro atoms. The van der Waals surface area contributed by atoms with Gasteiger partial charge in [0.2, 0.25) is 0 Å². The number of hydrogen-bond acceptors (Lipinski definition) is 8. The van der Waals surface area contributed by atoms with Gasteiger partial charge < -0.3 is 24.4 Å². The Hall–Kier alpha value is -4.22. The van der Waals surface area contributed by atoms with Crippen molar-refractivity contribution in [3.63, 3.8) is 0 Å². The van der Waals surface area contributed by atoms with Crippen LogP contribution in [0.15, 0.2) is 35.5 Å². The van der Waals surface area contributed by atoms with Crippen molar-refractivity contribution in [2.45, 2.75) is 13.0 Å². The summed E-state index contributed by atoms with van der Waals surface area (Å²) < 4.78 is 7.69. The molecule has 2 N–H and O–H groups in total. The smallest absolute Gasteiger partial charge is 0.343 e. The van der Waals surface area contributed by atoms with E-state index in [-0.39, 0.29) is 44.0 Å². The monoisotopic (exact) mass is 429 g/mol. The third-order valence-corrected chi connectivity index (χ3v) is 4.81. The minimum absolute atomic E-state index is 0.0405. The summed E-state index contributed by atoms with van der Waals surface area (Å²) in [5.41, 5.74) is 0.897. The van der Waals surface area contributed by atoms with Crippen LogP contribution in [0.4, 0.5) is 0 Å². The average molecular weight is 429 g/mol. The molecule has 3 aromatic rings. The van der Waals surface area contributed by atoms with Gasteiger partial charge in [0, 0.05) is 49.6 Å². The van der Waals surface area contributed by atoms with Crippen molar-refractivity contribution in [1.29, 1.82) is 0 Å². The number of fused-ring (bicyclic) bond motifs is 2. The molecule has 12 heteroatoms. The molecular weight excluding hydrogens is 410 g/mol. The summed E-state index contributed by atoms with van der Waals surface area (Å²) in [5.74, 6) is -1.35. The molecule has 0 fully saturated rings. The number of methoxy groups -OCH3 is 1. The number of carbonyl (C=O) groups is 3. The highest BCUT2D eigenvalue weighted by atomic mass is 16.5. The molecule has 0 saturated heterocycles. The molecule has 0 unspecified atom stereocenters. The van der Waals surface area contributed by atoms with E-state index < -0.39 is 17.3 Å². The van der Waals surface area contributed by atoms with E-state index in [1.807, 2.05) is 0 Å². The highest BCUT2D eigenvalue weighted by Gasteiger charge is 2.27. The molecule has 1 aliphatic rings. The number of pyridine rings is 2. The summed E-state index contributed by atoms with van der Waals surface area (Å²) in [6, 6.07) is 4.29. The average Bonchev–Trinajstić information content (AvgIpc) is 3.11. The lowest BCUT2D eigenvalue weighted by Crippen LogP contribution is -2.34. The van der Waals surface area contributed by atoms with Gasteiger partial charge in [0.1, 0.15) is 17.6 Å². The van der Waals surface area contributed by atoms with Gasteiger partial charge in [-0.1, -0.05) is 0 Å². The highest BCUT2D eigenvalue weighted by molar-refractivity contribution is 5.95. The summed E-state index contributed by atoms with van der Waals surface area (Å²) in [5, 5.41) is 21.0. The first kappa shape index (κ1) is 21.5. The third kappa shape index (κ3) is 4.22. The molecule has 0 aliphatic carbocycles. The standard InChI is InChI=1S/C18H17N5O5.CH2O2/c1-28-18(27)16-12-3-4-21(6-7-22(12)15(25)9-13(16)24)17(26)11-2-5-23-14(8-11)19-10-20-23;2-1-3/h2,5,8-10,24H,3-4,6-7H2,1H3;1H,(H,2,3). The van der Waals surface area contributed by atoms with E-state index in [9.17, 15) is 19.5 Å². The lowest BCUT2D eigenvalue weighted by molar-refractivity contribution is -0.122. The van der Waals surface area contributed by atoms with E-state index in [0.717, 1.165) is 6.07 Å². The van der Waals surface area contributed by atoms with E-state index >= 15 is 0 Å². The summed E-state index contributed by atoms with van der Waals surface area (Å²) in [6.45, 7) is 0.524. The zero-order valence-corrected chi connectivity index (χ0v) is 16.5. The van der Waals surface area contributed by atoms with Crippen molar-refractivity contribution < 1.29 is 29.3 Å². The fourth-order valence-corrected chi connectivity index (χ4v) is 3.42. The molecule has 162 valence electrons. The molecule has 1 amide bonds. The maximum absolute atomic E-state index is 12.9. The summed E-state index contributed by atoms with van der Waals surface area (Å²) >= 11 is 0. The van der Waals surface area contributed by atoms with Gasteiger partial charge in [-0.05, 0) is 12.1 Å². The van der Waals surface area contributed by atoms with Gasteiger partial charge in [-0.2, -0.15) is 5.10 Å². The minimum Gasteiger partial charge on any atom is -0.507 e. The third-order valence-electron chi connectivity index (χ3n) is 4.81. The summed E-state index contributed by atoms with van der Waals surface area (Å²) in [6.07, 6.45) is 3.28. The molecule has 12 nitrogen and oxygen atoms in total. The lowest BCUT2D eigenvalue weighted by Gasteiger charge is -2.20. The Labute approximate surface area is 174 Å². The normalized spacial score (nSPS) is 12.9. The summed E-state index contributed by atoms with van der Waals surface area (Å²) in [7, 11) is 1.21. The predicted octanol–water partition coefficient (Wildman–Crippen LogP) is -0.218. The maximum Gasteiger partial charge on any atom is 0.343 e. The van der Waals surface area contributed by atoms with Crippen LogP contribution in [0.1, 0.15) is 26.4 Å². The van der Waals surface area contributed by atoms with Crippen LogP contribution in [0.5, 0.6) is 5.75 Å². The van der Waals surface area contributed by atoms with Crippen LogP contribution >= 0.6 is 0 Å². The minimum atomic E-state index is -0.724. The number of esters is 1. The number of amides is 1. The molecule has 0 bridgehead atoms. The molecule has 31 heavy (non-hydrogen) atoms. The number of nitrogens with zero attached hydrogens (tertiary/aromatic N) is 5. The Balaban J connectivity index is 0.000000858. The number of carboxylic acid groups (broad SMARTS) is 1. The number of rotatable bonds is 2. The van der Waals surface area contributed by atoms with E-state index in [0.29, 0.717) is 16.9 Å². The molecule has 0 saturated carbocycles. The molecule has 1 aliphatic heterocycles. The van der Waals surface area contributed by atoms with Crippen LogP contribution in [-0.4, -0.2) is 72.8 Å². The largest absolute Gasteiger partial charge is 0.507 e. The molecule has 4 rings (SSSR count). The molecule has 0 radical (unpaired) electrons. The van der Waals surface area contributed by atoms with Gasteiger partial charge in [0.15, 0.2) is 5.65 Å². The van der Waals surface area contributed by atoms with Crippen molar-refractivity contribution in [3.8, 4) is 5.75 Å². The highest BCUT2D eigenvalue weighted by Crippen LogP contribution is 2.23. The summed E-state index contributed by atoms with van der Waals surface area (Å²) in [4.78, 5) is 51.3. The first-order valence-corrected chi connectivity index (χ1v) is 9.11. The SMILES string of the molecule is COC(=O)c1c(O)cc(=O)n2c1CCN(C(=O)c1ccn3ncnc3c1)CC2.O=CO. The molecule has 0 aromatic carbocycles. The van der Waals surface area contributed by atoms with Crippen LogP contribution < -0.4 is 5.56 Å². The number of aromatic nitrogens is 4. The van der Waals surface area contributed by atoms with Crippen molar-refractivity contribution in [2.24, 2.45) is 0 Å². The lowest BCUT2D eigenvalue weighted by atomic mass is 10.1. The van der Waals surface area contributed by atoms with Crippen LogP contribution in [-0.2, 0) is 22.5 Å². The van der Waals surface area contributed by atoms with Gasteiger partial charge in [-0.15, -0.1) is 0 Å². The molecular formula is C19H19N5O7. The van der Waals surface area contributed by atoms with Crippen LogP contribution in [0, 0.1) is 0 Å². The van der Waals surface area contributed by atoms with Gasteiger partial charge in [-0.25, -0.2) is 14.3 Å². The quantitative estimate of drug-likeness (QED) is 0.415. The maximum atomic E-state index is 12.9. The molecule has 0 atom stereocenters. The number of aromatic hydroxyl groups is 1. The Morgan fingerprint density at radius 1 is 1.23 bits per heavy atom. The number of carbonyl (C=O) groups excluding carboxylic acids is 2. The topological polar surface area (TPSA) is 156 Å². The van der Waals surface area contributed by atoms with Crippen molar-refractivity contribution in [2.75, 3.05) is 20.2 Å². The van der Waals surface area contributed by atoms with Crippen molar-refractivity contribution in [1.82, 2.24) is 24.1 Å². The second kappa shape index (κ2) is 9.07. The fourth-order valence-electron chi connectivity index (χ4n) is 3.42. The Morgan fingerprint density at radius 3 is 2.68 bits per heavy atom. The van der Waals surface area contributed by atoms with Crippen molar-refractivity contribution >= 4 is 24.0 Å². The van der Waals surface area contributed by atoms with Crippen LogP contribution in [0.25, 0.3) is 5.65 Å².